The van der Waals surface area contributed by atoms with Crippen LogP contribution in [0.4, 0.5) is 11.4 Å². The van der Waals surface area contributed by atoms with Crippen LogP contribution in [-0.2, 0) is 47.6 Å². The van der Waals surface area contributed by atoms with Crippen molar-refractivity contribution < 1.29 is 62.2 Å². The Hall–Kier alpha value is -4.60. The summed E-state index contributed by atoms with van der Waals surface area (Å²) in [7, 11) is 0. The first kappa shape index (κ1) is 58.5. The Morgan fingerprint density at radius 2 is 0.701 bits per heavy atom. The van der Waals surface area contributed by atoms with Crippen LogP contribution in [0.3, 0.4) is 0 Å². The highest BCUT2D eigenvalue weighted by atomic mass is 16.6. The second-order valence-electron chi connectivity index (χ2n) is 16.5. The van der Waals surface area contributed by atoms with E-state index in [0.29, 0.717) is 42.7 Å². The molecule has 2 aromatic carbocycles. The molecular weight excluding hydrogens is 861 g/mol. The summed E-state index contributed by atoms with van der Waals surface area (Å²) in [4.78, 5) is 53.9. The second kappa shape index (κ2) is 40.5. The van der Waals surface area contributed by atoms with Gasteiger partial charge in [-0.3, -0.25) is 19.2 Å². The average molecular weight is 945 g/mol. The van der Waals surface area contributed by atoms with Crippen molar-refractivity contribution in [1.29, 1.82) is 0 Å². The second-order valence-corrected chi connectivity index (χ2v) is 16.5. The van der Waals surface area contributed by atoms with Gasteiger partial charge in [0, 0.05) is 19.8 Å². The molecule has 0 spiro atoms. The van der Waals surface area contributed by atoms with E-state index in [1.165, 1.54) is 81.9 Å². The van der Waals surface area contributed by atoms with Crippen molar-refractivity contribution in [3.05, 3.63) is 48.5 Å². The number of carboxylic acid groups (broad SMARTS) is 1. The van der Waals surface area contributed by atoms with Gasteiger partial charge in [-0.05, 0) is 43.5 Å². The summed E-state index contributed by atoms with van der Waals surface area (Å²) in [5.41, 5.74) is 0.861. The first-order valence-electron chi connectivity index (χ1n) is 25.1. The average Bonchev–Trinajstić information content (AvgIpc) is 3.32. The minimum atomic E-state index is -1.13. The summed E-state index contributed by atoms with van der Waals surface area (Å²) in [6.45, 7) is 8.22. The lowest BCUT2D eigenvalue weighted by atomic mass is 10.1. The minimum Gasteiger partial charge on any atom is -0.488 e. The highest BCUT2D eigenvalue weighted by Crippen LogP contribution is 2.30. The molecule has 0 atom stereocenters. The summed E-state index contributed by atoms with van der Waals surface area (Å²) < 4.78 is 45.6. The van der Waals surface area contributed by atoms with Gasteiger partial charge in [-0.2, -0.15) is 0 Å². The lowest BCUT2D eigenvalue weighted by molar-refractivity contribution is -0.145. The van der Waals surface area contributed by atoms with E-state index >= 15 is 0 Å². The SMILES string of the molecule is CCCCCCCCOCCOC(=O)CN(CC(=O)O)c1ccccc1OCCOc1ccccc1N(CC(=O)OCCOCCCCCCCC)CC(=O)OCCOCCCCCCCC. The van der Waals surface area contributed by atoms with Crippen LogP contribution in [0, 0.1) is 0 Å². The number of ether oxygens (including phenoxy) is 8. The molecule has 67 heavy (non-hydrogen) atoms. The molecule has 0 amide bonds. The third kappa shape index (κ3) is 30.4. The molecule has 0 aliphatic rings. The van der Waals surface area contributed by atoms with Crippen molar-refractivity contribution in [2.75, 3.05) is 109 Å². The molecule has 0 heterocycles. The Morgan fingerprint density at radius 3 is 1.04 bits per heavy atom. The van der Waals surface area contributed by atoms with Gasteiger partial charge >= 0.3 is 23.9 Å². The van der Waals surface area contributed by atoms with E-state index < -0.39 is 30.4 Å². The molecular formula is C52H84N2O13. The van der Waals surface area contributed by atoms with Gasteiger partial charge in [-0.25, -0.2) is 0 Å². The first-order valence-corrected chi connectivity index (χ1v) is 25.1. The lowest BCUT2D eigenvalue weighted by Crippen LogP contribution is -2.37. The summed E-state index contributed by atoms with van der Waals surface area (Å²) in [6, 6.07) is 13.8. The van der Waals surface area contributed by atoms with E-state index in [2.05, 4.69) is 20.8 Å². The third-order valence-corrected chi connectivity index (χ3v) is 10.7. The van der Waals surface area contributed by atoms with Crippen molar-refractivity contribution in [2.45, 2.75) is 136 Å². The van der Waals surface area contributed by atoms with Gasteiger partial charge in [0.25, 0.3) is 0 Å². The van der Waals surface area contributed by atoms with Gasteiger partial charge in [0.05, 0.1) is 31.2 Å². The maximum absolute atomic E-state index is 13.1. The summed E-state index contributed by atoms with van der Waals surface area (Å²) >= 11 is 0. The molecule has 15 nitrogen and oxygen atoms in total. The number of hydrogen-bond acceptors (Lipinski definition) is 14. The monoisotopic (exact) mass is 945 g/mol. The van der Waals surface area contributed by atoms with Crippen LogP contribution in [0.2, 0.25) is 0 Å². The number of carboxylic acids is 1. The molecule has 0 fully saturated rings. The normalized spacial score (nSPS) is 11.0. The van der Waals surface area contributed by atoms with Crippen LogP contribution in [0.25, 0.3) is 0 Å². The number of benzene rings is 2. The largest absolute Gasteiger partial charge is 0.488 e. The summed E-state index contributed by atoms with van der Waals surface area (Å²) in [5, 5.41) is 9.71. The van der Waals surface area contributed by atoms with Crippen LogP contribution < -0.4 is 19.3 Å². The first-order chi connectivity index (χ1) is 32.8. The predicted octanol–water partition coefficient (Wildman–Crippen LogP) is 9.60. The van der Waals surface area contributed by atoms with Crippen LogP contribution in [0.5, 0.6) is 11.5 Å². The number of hydrogen-bond donors (Lipinski definition) is 1. The van der Waals surface area contributed by atoms with Crippen molar-refractivity contribution in [2.24, 2.45) is 0 Å². The maximum atomic E-state index is 13.1. The molecule has 0 aliphatic heterocycles. The molecule has 0 saturated heterocycles. The van der Waals surface area contributed by atoms with Crippen LogP contribution in [0.15, 0.2) is 48.5 Å². The van der Waals surface area contributed by atoms with Crippen molar-refractivity contribution >= 4 is 35.3 Å². The minimum absolute atomic E-state index is 0.0359. The van der Waals surface area contributed by atoms with Gasteiger partial charge in [0.15, 0.2) is 0 Å². The van der Waals surface area contributed by atoms with Gasteiger partial charge in [-0.1, -0.05) is 141 Å². The van der Waals surface area contributed by atoms with Crippen molar-refractivity contribution in [3.63, 3.8) is 0 Å². The highest BCUT2D eigenvalue weighted by Gasteiger charge is 2.22. The standard InChI is InChI=1S/C52H84N2O13/c1-4-7-10-13-16-23-30-60-33-36-65-50(57)42-53(41-49(55)56)45-26-19-21-28-47(45)63-39-40-64-48-29-22-20-27-46(48)54(43-51(58)66-37-34-61-31-24-17-14-11-8-5-2)44-52(59)67-38-35-62-32-25-18-15-12-9-6-3/h19-22,26-29H,4-18,23-25,30-44H2,1-3H3,(H,55,56). The van der Waals surface area contributed by atoms with E-state index in [4.69, 9.17) is 37.9 Å². The van der Waals surface area contributed by atoms with E-state index in [1.807, 2.05) is 0 Å². The Morgan fingerprint density at radius 1 is 0.388 bits per heavy atom. The Balaban J connectivity index is 1.99. The zero-order valence-corrected chi connectivity index (χ0v) is 41.2. The lowest BCUT2D eigenvalue weighted by Gasteiger charge is -2.26. The van der Waals surface area contributed by atoms with E-state index in [-0.39, 0.29) is 72.5 Å². The third-order valence-electron chi connectivity index (χ3n) is 10.7. The smallest absolute Gasteiger partial charge is 0.325 e. The number of carbonyl (C=O) groups excluding carboxylic acids is 3. The van der Waals surface area contributed by atoms with Crippen LogP contribution in [0.1, 0.15) is 136 Å². The molecule has 0 radical (unpaired) electrons. The molecule has 0 bridgehead atoms. The van der Waals surface area contributed by atoms with Crippen molar-refractivity contribution in [3.8, 4) is 11.5 Å². The number of nitrogens with zero attached hydrogens (tertiary/aromatic N) is 2. The topological polar surface area (TPSA) is 169 Å². The van der Waals surface area contributed by atoms with E-state index in [0.717, 1.165) is 38.5 Å². The molecule has 0 aliphatic carbocycles. The van der Waals surface area contributed by atoms with Crippen molar-refractivity contribution in [1.82, 2.24) is 0 Å². The molecule has 2 aromatic rings. The quantitative estimate of drug-likeness (QED) is 0.0378. The Bertz CT molecular complexity index is 1540. The number of anilines is 2. The molecule has 15 heteroatoms. The fourth-order valence-electron chi connectivity index (χ4n) is 7.11. The molecule has 2 rings (SSSR count). The fourth-order valence-corrected chi connectivity index (χ4v) is 7.11. The Kier molecular flexibility index (Phi) is 35.3. The van der Waals surface area contributed by atoms with Gasteiger partial charge < -0.3 is 52.8 Å². The number of unbranched alkanes of at least 4 members (excludes halogenated alkanes) is 15. The molecule has 1 N–H and O–H groups in total. The van der Waals surface area contributed by atoms with Crippen LogP contribution >= 0.6 is 0 Å². The summed E-state index contributed by atoms with van der Waals surface area (Å²) in [5.74, 6) is -2.08. The summed E-state index contributed by atoms with van der Waals surface area (Å²) in [6.07, 6.45) is 20.8. The fraction of sp³-hybridized carbons (Fsp3) is 0.692. The Labute approximate surface area is 401 Å². The van der Waals surface area contributed by atoms with Gasteiger partial charge in [-0.15, -0.1) is 0 Å². The number of para-hydroxylation sites is 4. The maximum Gasteiger partial charge on any atom is 0.325 e. The molecule has 0 unspecified atom stereocenters. The van der Waals surface area contributed by atoms with E-state index in [9.17, 15) is 24.3 Å². The number of carbonyl (C=O) groups is 4. The van der Waals surface area contributed by atoms with E-state index in [1.54, 1.807) is 53.4 Å². The van der Waals surface area contributed by atoms with Crippen LogP contribution in [-0.4, -0.2) is 128 Å². The van der Waals surface area contributed by atoms with Gasteiger partial charge in [0.1, 0.15) is 70.7 Å². The number of aliphatic carboxylic acids is 1. The predicted molar refractivity (Wildman–Crippen MR) is 261 cm³/mol. The molecule has 380 valence electrons. The molecule has 0 aromatic heterocycles. The molecule has 0 saturated carbocycles. The highest BCUT2D eigenvalue weighted by molar-refractivity contribution is 5.83. The zero-order chi connectivity index (χ0) is 48.4. The zero-order valence-electron chi connectivity index (χ0n) is 41.2. The number of esters is 3. The van der Waals surface area contributed by atoms with Gasteiger partial charge in [0.2, 0.25) is 0 Å². The number of rotatable bonds is 45.